The molecule has 0 saturated heterocycles. The fourth-order valence-electron chi connectivity index (χ4n) is 2.84. The van der Waals surface area contributed by atoms with Crippen LogP contribution in [0.1, 0.15) is 11.1 Å². The molecule has 0 spiro atoms. The number of aromatic nitrogens is 4. The highest BCUT2D eigenvalue weighted by Gasteiger charge is 2.13. The maximum absolute atomic E-state index is 9.27. The van der Waals surface area contributed by atoms with Crippen LogP contribution in [0.5, 0.6) is 0 Å². The topological polar surface area (TPSA) is 96.3 Å². The lowest BCUT2D eigenvalue weighted by atomic mass is 10.1. The number of nitriles is 1. The number of nitrogens with zero attached hydrogens (tertiary/aromatic N) is 4. The Hall–Kier alpha value is -3.59. The van der Waals surface area contributed by atoms with E-state index in [9.17, 15) is 5.26 Å². The lowest BCUT2D eigenvalue weighted by Gasteiger charge is -2.07. The molecule has 0 aliphatic rings. The van der Waals surface area contributed by atoms with Gasteiger partial charge in [-0.1, -0.05) is 18.2 Å². The summed E-state index contributed by atoms with van der Waals surface area (Å²) < 4.78 is 2.15. The van der Waals surface area contributed by atoms with E-state index in [1.807, 2.05) is 42.7 Å². The van der Waals surface area contributed by atoms with Gasteiger partial charge in [0.2, 0.25) is 0 Å². The Morgan fingerprint density at radius 1 is 1.25 bits per heavy atom. The van der Waals surface area contributed by atoms with E-state index in [1.165, 1.54) is 0 Å². The molecule has 3 aromatic heterocycles. The summed E-state index contributed by atoms with van der Waals surface area (Å²) >= 11 is 0. The molecule has 4 rings (SSSR count). The van der Waals surface area contributed by atoms with Gasteiger partial charge >= 0.3 is 0 Å². The van der Waals surface area contributed by atoms with Crippen molar-refractivity contribution in [2.75, 3.05) is 5.73 Å². The normalized spacial score (nSPS) is 10.8. The van der Waals surface area contributed by atoms with Crippen LogP contribution >= 0.6 is 0 Å². The average molecular weight is 314 g/mol. The third-order valence-electron chi connectivity index (χ3n) is 4.04. The molecule has 4 aromatic rings. The van der Waals surface area contributed by atoms with E-state index in [2.05, 4.69) is 31.9 Å². The van der Waals surface area contributed by atoms with Crippen LogP contribution in [0.15, 0.2) is 55.0 Å². The molecule has 0 fully saturated rings. The molecule has 0 radical (unpaired) electrons. The van der Waals surface area contributed by atoms with Crippen molar-refractivity contribution in [3.05, 3.63) is 66.1 Å². The summed E-state index contributed by atoms with van der Waals surface area (Å²) in [4.78, 5) is 4.16. The number of nitrogen functional groups attached to an aromatic ring is 1. The Kier molecular flexibility index (Phi) is 3.25. The number of anilines is 1. The van der Waals surface area contributed by atoms with E-state index in [0.717, 1.165) is 28.6 Å². The highest BCUT2D eigenvalue weighted by Crippen LogP contribution is 2.28. The second-order valence-corrected chi connectivity index (χ2v) is 5.55. The number of nitrogens with one attached hydrogen (secondary N) is 1. The molecule has 116 valence electrons. The first-order chi connectivity index (χ1) is 11.8. The zero-order valence-corrected chi connectivity index (χ0v) is 12.8. The molecule has 0 unspecified atom stereocenters. The lowest BCUT2D eigenvalue weighted by molar-refractivity contribution is 0.832. The largest absolute Gasteiger partial charge is 0.381 e. The molecule has 3 N–H and O–H groups in total. The van der Waals surface area contributed by atoms with E-state index in [4.69, 9.17) is 5.73 Å². The van der Waals surface area contributed by atoms with Gasteiger partial charge in [-0.05, 0) is 29.1 Å². The van der Waals surface area contributed by atoms with Gasteiger partial charge in [0.25, 0.3) is 0 Å². The van der Waals surface area contributed by atoms with Crippen LogP contribution < -0.4 is 5.73 Å². The van der Waals surface area contributed by atoms with Crippen LogP contribution in [0, 0.1) is 11.3 Å². The first-order valence-corrected chi connectivity index (χ1v) is 7.48. The molecule has 6 nitrogen and oxygen atoms in total. The molecule has 0 aliphatic carbocycles. The number of benzene rings is 1. The zero-order valence-electron chi connectivity index (χ0n) is 12.8. The van der Waals surface area contributed by atoms with Crippen LogP contribution in [0.4, 0.5) is 5.82 Å². The number of aromatic amines is 1. The van der Waals surface area contributed by atoms with Crippen molar-refractivity contribution in [2.24, 2.45) is 0 Å². The summed E-state index contributed by atoms with van der Waals surface area (Å²) in [5.41, 5.74) is 9.85. The number of hydrogen-bond acceptors (Lipinski definition) is 4. The van der Waals surface area contributed by atoms with Gasteiger partial charge < -0.3 is 10.3 Å². The number of nitrogens with two attached hydrogens (primary N) is 1. The molecular formula is C18H14N6. The molecular weight excluding hydrogens is 300 g/mol. The molecule has 0 amide bonds. The van der Waals surface area contributed by atoms with E-state index in [-0.39, 0.29) is 5.82 Å². The quantitative estimate of drug-likeness (QED) is 0.607. The summed E-state index contributed by atoms with van der Waals surface area (Å²) in [5.74, 6) is 0.221. The minimum absolute atomic E-state index is 0.221. The summed E-state index contributed by atoms with van der Waals surface area (Å²) in [6, 6.07) is 14.2. The van der Waals surface area contributed by atoms with Crippen molar-refractivity contribution < 1.29 is 0 Å². The third-order valence-corrected chi connectivity index (χ3v) is 4.04. The number of hydrogen-bond donors (Lipinski definition) is 2. The summed E-state index contributed by atoms with van der Waals surface area (Å²) in [6.45, 7) is 0.733. The summed E-state index contributed by atoms with van der Waals surface area (Å²) in [6.07, 6.45) is 5.68. The van der Waals surface area contributed by atoms with Gasteiger partial charge in [-0.25, -0.2) is 0 Å². The molecule has 3 heterocycles. The molecule has 0 saturated carbocycles. The Labute approximate surface area is 138 Å². The van der Waals surface area contributed by atoms with Crippen molar-refractivity contribution in [2.45, 2.75) is 6.54 Å². The zero-order chi connectivity index (χ0) is 16.5. The van der Waals surface area contributed by atoms with Crippen LogP contribution in [-0.2, 0) is 6.54 Å². The first kappa shape index (κ1) is 14.0. The van der Waals surface area contributed by atoms with Gasteiger partial charge in [-0.3, -0.25) is 10.1 Å². The van der Waals surface area contributed by atoms with Crippen molar-refractivity contribution in [1.29, 1.82) is 5.26 Å². The van der Waals surface area contributed by atoms with E-state index in [1.54, 1.807) is 6.20 Å². The third kappa shape index (κ3) is 2.29. The Morgan fingerprint density at radius 3 is 2.96 bits per heavy atom. The maximum atomic E-state index is 9.27. The molecule has 6 heteroatoms. The number of pyridine rings is 1. The Balaban J connectivity index is 1.80. The van der Waals surface area contributed by atoms with Crippen LogP contribution in [0.25, 0.3) is 22.2 Å². The standard InChI is InChI=1S/C18H14N6/c19-9-15-17(22-23-18(15)20)14-4-3-13-5-7-24(16(13)8-14)11-12-2-1-6-21-10-12/h1-8,10H,11H2,(H3,20,22,23). The predicted molar refractivity (Wildman–Crippen MR) is 92.0 cm³/mol. The number of H-pyrrole nitrogens is 1. The van der Waals surface area contributed by atoms with Gasteiger partial charge in [-0.15, -0.1) is 0 Å². The first-order valence-electron chi connectivity index (χ1n) is 7.48. The summed E-state index contributed by atoms with van der Waals surface area (Å²) in [5, 5.41) is 17.2. The predicted octanol–water partition coefficient (Wildman–Crippen LogP) is 2.93. The maximum Gasteiger partial charge on any atom is 0.163 e. The fourth-order valence-corrected chi connectivity index (χ4v) is 2.84. The van der Waals surface area contributed by atoms with Crippen molar-refractivity contribution >= 4 is 16.7 Å². The van der Waals surface area contributed by atoms with Gasteiger partial charge in [0, 0.05) is 36.2 Å². The smallest absolute Gasteiger partial charge is 0.163 e. The Bertz CT molecular complexity index is 1050. The monoisotopic (exact) mass is 314 g/mol. The summed E-state index contributed by atoms with van der Waals surface area (Å²) in [7, 11) is 0. The minimum Gasteiger partial charge on any atom is -0.381 e. The number of fused-ring (bicyclic) bond motifs is 1. The molecule has 0 atom stereocenters. The molecule has 0 bridgehead atoms. The van der Waals surface area contributed by atoms with E-state index >= 15 is 0 Å². The van der Waals surface area contributed by atoms with Crippen molar-refractivity contribution in [3.63, 3.8) is 0 Å². The van der Waals surface area contributed by atoms with E-state index in [0.29, 0.717) is 11.3 Å². The highest BCUT2D eigenvalue weighted by molar-refractivity contribution is 5.86. The van der Waals surface area contributed by atoms with Crippen LogP contribution in [0.3, 0.4) is 0 Å². The van der Waals surface area contributed by atoms with Crippen molar-refractivity contribution in [1.82, 2.24) is 19.7 Å². The SMILES string of the molecule is N#Cc1c(N)n[nH]c1-c1ccc2ccn(Cc3cccnc3)c2c1. The second-order valence-electron chi connectivity index (χ2n) is 5.55. The molecule has 0 aliphatic heterocycles. The molecule has 1 aromatic carbocycles. The fraction of sp³-hybridized carbons (Fsp3) is 0.0556. The van der Waals surface area contributed by atoms with Gasteiger partial charge in [0.15, 0.2) is 5.82 Å². The Morgan fingerprint density at radius 2 is 2.17 bits per heavy atom. The van der Waals surface area contributed by atoms with Crippen LogP contribution in [0.2, 0.25) is 0 Å². The minimum atomic E-state index is 0.221. The highest BCUT2D eigenvalue weighted by atomic mass is 15.2. The van der Waals surface area contributed by atoms with Gasteiger partial charge in [-0.2, -0.15) is 10.4 Å². The van der Waals surface area contributed by atoms with Crippen molar-refractivity contribution in [3.8, 4) is 17.3 Å². The van der Waals surface area contributed by atoms with Crippen LogP contribution in [-0.4, -0.2) is 19.7 Å². The van der Waals surface area contributed by atoms with Gasteiger partial charge in [0.05, 0.1) is 5.69 Å². The van der Waals surface area contributed by atoms with Gasteiger partial charge in [0.1, 0.15) is 11.6 Å². The van der Waals surface area contributed by atoms with E-state index < -0.39 is 0 Å². The molecule has 24 heavy (non-hydrogen) atoms. The number of rotatable bonds is 3. The second kappa shape index (κ2) is 5.56. The average Bonchev–Trinajstić information content (AvgIpc) is 3.19. The lowest BCUT2D eigenvalue weighted by Crippen LogP contribution is -1.98.